The number of rotatable bonds is 4. The number of ether oxygens (including phenoxy) is 2. The van der Waals surface area contributed by atoms with E-state index >= 15 is 0 Å². The fraction of sp³-hybridized carbons (Fsp3) is 0.350. The highest BCUT2D eigenvalue weighted by molar-refractivity contribution is 7.91. The summed E-state index contributed by atoms with van der Waals surface area (Å²) in [6.45, 7) is 0.502. The number of hydrogen-bond donors (Lipinski definition) is 0. The molecule has 0 bridgehead atoms. The lowest BCUT2D eigenvalue weighted by atomic mass is 9.82. The first-order valence-corrected chi connectivity index (χ1v) is 10.7. The molecule has 2 atom stereocenters. The van der Waals surface area contributed by atoms with E-state index in [0.29, 0.717) is 18.5 Å². The van der Waals surface area contributed by atoms with E-state index < -0.39 is 38.0 Å². The number of fused-ring (bicyclic) bond motifs is 1. The minimum absolute atomic E-state index is 0.0173. The van der Waals surface area contributed by atoms with Gasteiger partial charge in [-0.15, -0.1) is 0 Å². The van der Waals surface area contributed by atoms with Crippen molar-refractivity contribution in [3.8, 4) is 0 Å². The Morgan fingerprint density at radius 2 is 1.90 bits per heavy atom. The van der Waals surface area contributed by atoms with Crippen molar-refractivity contribution >= 4 is 15.7 Å². The van der Waals surface area contributed by atoms with Gasteiger partial charge in [0.15, 0.2) is 0 Å². The summed E-state index contributed by atoms with van der Waals surface area (Å²) in [7, 11) is -4.72. The fourth-order valence-corrected chi connectivity index (χ4v) is 4.62. The van der Waals surface area contributed by atoms with Gasteiger partial charge < -0.3 is 14.4 Å². The third-order valence-corrected chi connectivity index (χ3v) is 6.91. The van der Waals surface area contributed by atoms with Crippen LogP contribution in [-0.2, 0) is 24.9 Å². The normalized spacial score (nSPS) is 24.1. The molecule has 2 aliphatic heterocycles. The molecule has 0 aromatic heterocycles. The third kappa shape index (κ3) is 3.48. The molecule has 2 aromatic carbocycles. The number of piperidine rings is 1. The molecule has 2 aromatic rings. The Kier molecular flexibility index (Phi) is 5.33. The predicted octanol–water partition coefficient (Wildman–Crippen LogP) is 2.94. The summed E-state index contributed by atoms with van der Waals surface area (Å²) in [5, 5.41) is 0. The zero-order valence-electron chi connectivity index (χ0n) is 15.6. The topological polar surface area (TPSA) is 72.9 Å². The molecule has 0 aliphatic carbocycles. The van der Waals surface area contributed by atoms with Crippen LogP contribution in [0.4, 0.5) is 13.2 Å². The maximum atomic E-state index is 13.7. The molecule has 2 aliphatic rings. The molecule has 0 saturated carbocycles. The van der Waals surface area contributed by atoms with E-state index in [9.17, 15) is 26.4 Å². The number of amides is 1. The molecular formula is C20H18F3NO5S. The van der Waals surface area contributed by atoms with Crippen molar-refractivity contribution in [3.05, 3.63) is 65.5 Å². The van der Waals surface area contributed by atoms with Crippen molar-refractivity contribution in [2.45, 2.75) is 28.8 Å². The van der Waals surface area contributed by atoms with E-state index in [2.05, 4.69) is 0 Å². The first kappa shape index (κ1) is 20.8. The highest BCUT2D eigenvalue weighted by Gasteiger charge is 2.51. The number of hydrogen-bond acceptors (Lipinski definition) is 5. The lowest BCUT2D eigenvalue weighted by Crippen LogP contribution is -2.53. The zero-order valence-corrected chi connectivity index (χ0v) is 16.4. The number of sulfone groups is 1. The second-order valence-electron chi connectivity index (χ2n) is 7.15. The maximum Gasteiger partial charge on any atom is 0.341 e. The largest absolute Gasteiger partial charge is 0.347 e. The van der Waals surface area contributed by atoms with Crippen LogP contribution >= 0.6 is 0 Å². The molecule has 2 fully saturated rings. The van der Waals surface area contributed by atoms with Crippen molar-refractivity contribution in [1.29, 1.82) is 0 Å². The molecule has 30 heavy (non-hydrogen) atoms. The van der Waals surface area contributed by atoms with Gasteiger partial charge in [0.05, 0.1) is 11.4 Å². The van der Waals surface area contributed by atoms with Gasteiger partial charge in [-0.1, -0.05) is 12.1 Å². The monoisotopic (exact) mass is 441 g/mol. The van der Waals surface area contributed by atoms with Crippen LogP contribution in [0.1, 0.15) is 22.3 Å². The first-order valence-electron chi connectivity index (χ1n) is 9.17. The van der Waals surface area contributed by atoms with Crippen molar-refractivity contribution < 1.29 is 35.9 Å². The maximum absolute atomic E-state index is 13.7. The van der Waals surface area contributed by atoms with Gasteiger partial charge in [0.2, 0.25) is 9.84 Å². The summed E-state index contributed by atoms with van der Waals surface area (Å²) >= 11 is 0. The van der Waals surface area contributed by atoms with E-state index in [1.807, 2.05) is 0 Å². The van der Waals surface area contributed by atoms with Gasteiger partial charge in [0.25, 0.3) is 5.91 Å². The van der Waals surface area contributed by atoms with E-state index in [0.717, 1.165) is 12.1 Å². The SMILES string of the molecule is O=C(c1ccc(S(=O)(=O)C(F)F)cc1)N1CC[C@]2(c3cccc(F)c3)OCO[C@@H]2C1. The second-order valence-corrected chi connectivity index (χ2v) is 9.07. The summed E-state index contributed by atoms with van der Waals surface area (Å²) in [4.78, 5) is 13.8. The third-order valence-electron chi connectivity index (χ3n) is 5.51. The summed E-state index contributed by atoms with van der Waals surface area (Å²) in [5.74, 6) is -4.32. The molecular weight excluding hydrogens is 423 g/mol. The summed E-state index contributed by atoms with van der Waals surface area (Å²) in [5.41, 5.74) is -0.0484. The minimum atomic E-state index is -4.72. The van der Waals surface area contributed by atoms with Crippen molar-refractivity contribution in [1.82, 2.24) is 4.90 Å². The Morgan fingerprint density at radius 1 is 1.17 bits per heavy atom. The molecule has 10 heteroatoms. The molecule has 6 nitrogen and oxygen atoms in total. The Bertz CT molecular complexity index is 1060. The highest BCUT2D eigenvalue weighted by atomic mass is 32.2. The average Bonchev–Trinajstić information content (AvgIpc) is 3.17. The molecule has 0 spiro atoms. The molecule has 160 valence electrons. The lowest BCUT2D eigenvalue weighted by Gasteiger charge is -2.42. The lowest BCUT2D eigenvalue weighted by molar-refractivity contribution is -0.0441. The summed E-state index contributed by atoms with van der Waals surface area (Å²) < 4.78 is 73.6. The fourth-order valence-electron chi connectivity index (χ4n) is 3.90. The molecule has 0 radical (unpaired) electrons. The zero-order chi connectivity index (χ0) is 21.5. The molecule has 0 unspecified atom stereocenters. The van der Waals surface area contributed by atoms with Gasteiger partial charge in [-0.25, -0.2) is 12.8 Å². The number of carbonyl (C=O) groups is 1. The number of benzene rings is 2. The van der Waals surface area contributed by atoms with E-state index in [-0.39, 0.29) is 24.8 Å². The van der Waals surface area contributed by atoms with Crippen molar-refractivity contribution in [3.63, 3.8) is 0 Å². The van der Waals surface area contributed by atoms with Gasteiger partial charge in [-0.3, -0.25) is 4.79 Å². The smallest absolute Gasteiger partial charge is 0.341 e. The van der Waals surface area contributed by atoms with Crippen LogP contribution in [-0.4, -0.2) is 51.0 Å². The van der Waals surface area contributed by atoms with E-state index in [4.69, 9.17) is 9.47 Å². The van der Waals surface area contributed by atoms with Crippen LogP contribution < -0.4 is 0 Å². The van der Waals surface area contributed by atoms with Gasteiger partial charge in [-0.05, 0) is 42.0 Å². The quantitative estimate of drug-likeness (QED) is 0.730. The summed E-state index contributed by atoms with van der Waals surface area (Å²) in [6, 6.07) is 10.5. The van der Waals surface area contributed by atoms with Gasteiger partial charge in [-0.2, -0.15) is 8.78 Å². The summed E-state index contributed by atoms with van der Waals surface area (Å²) in [6.07, 6.45) is -0.125. The number of likely N-dealkylation sites (tertiary alicyclic amines) is 1. The van der Waals surface area contributed by atoms with Crippen LogP contribution in [0.25, 0.3) is 0 Å². The van der Waals surface area contributed by atoms with E-state index in [1.54, 1.807) is 12.1 Å². The Morgan fingerprint density at radius 3 is 2.57 bits per heavy atom. The average molecular weight is 441 g/mol. The first-order chi connectivity index (χ1) is 14.2. The van der Waals surface area contributed by atoms with Crippen LogP contribution in [0.5, 0.6) is 0 Å². The standard InChI is InChI=1S/C20H18F3NO5S/c21-15-3-1-2-14(10-15)20-8-9-24(11-17(20)28-12-29-20)18(25)13-4-6-16(7-5-13)30(26,27)19(22)23/h1-7,10,17,19H,8-9,11-12H2/t17-,20-/m1/s1. The molecule has 2 saturated heterocycles. The Labute approximate surface area is 171 Å². The Balaban J connectivity index is 1.53. The van der Waals surface area contributed by atoms with Crippen LogP contribution in [0.15, 0.2) is 53.4 Å². The van der Waals surface area contributed by atoms with Crippen LogP contribution in [0.3, 0.4) is 0 Å². The number of alkyl halides is 2. The minimum Gasteiger partial charge on any atom is -0.347 e. The van der Waals surface area contributed by atoms with Crippen LogP contribution in [0, 0.1) is 5.82 Å². The van der Waals surface area contributed by atoms with Gasteiger partial charge >= 0.3 is 5.76 Å². The molecule has 1 amide bonds. The van der Waals surface area contributed by atoms with Crippen molar-refractivity contribution in [2.75, 3.05) is 19.9 Å². The number of halogens is 3. The molecule has 2 heterocycles. The Hall–Kier alpha value is -2.43. The van der Waals surface area contributed by atoms with E-state index in [1.165, 1.54) is 29.2 Å². The highest BCUT2D eigenvalue weighted by Crippen LogP contribution is 2.42. The van der Waals surface area contributed by atoms with Gasteiger partial charge in [0, 0.05) is 18.5 Å². The van der Waals surface area contributed by atoms with Crippen LogP contribution in [0.2, 0.25) is 0 Å². The predicted molar refractivity (Wildman–Crippen MR) is 99.1 cm³/mol. The second kappa shape index (κ2) is 7.68. The number of nitrogens with zero attached hydrogens (tertiary/aromatic N) is 1. The molecule has 0 N–H and O–H groups in total. The molecule has 4 rings (SSSR count). The number of carbonyl (C=O) groups excluding carboxylic acids is 1. The van der Waals surface area contributed by atoms with Crippen molar-refractivity contribution in [2.24, 2.45) is 0 Å². The van der Waals surface area contributed by atoms with Gasteiger partial charge in [0.1, 0.15) is 24.3 Å².